The van der Waals surface area contributed by atoms with Crippen LogP contribution in [-0.2, 0) is 16.4 Å². The first-order valence-electron chi connectivity index (χ1n) is 5.83. The summed E-state index contributed by atoms with van der Waals surface area (Å²) in [5, 5.41) is 0. The molecule has 0 fully saturated rings. The molecular formula is C14H14BrNO3S. The minimum absolute atomic E-state index is 0.276. The van der Waals surface area contributed by atoms with Gasteiger partial charge in [-0.3, -0.25) is 0 Å². The van der Waals surface area contributed by atoms with Crippen LogP contribution < -0.4 is 10.5 Å². The quantitative estimate of drug-likeness (QED) is 0.855. The average molecular weight is 356 g/mol. The second kappa shape index (κ2) is 5.85. The van der Waals surface area contributed by atoms with Crippen LogP contribution in [0, 0.1) is 0 Å². The molecule has 0 aliphatic rings. The third-order valence-corrected chi connectivity index (χ3v) is 4.57. The number of hydrogen-bond donors (Lipinski definition) is 1. The second-order valence-electron chi connectivity index (χ2n) is 4.39. The zero-order valence-corrected chi connectivity index (χ0v) is 13.2. The highest BCUT2D eigenvalue weighted by Crippen LogP contribution is 2.22. The van der Waals surface area contributed by atoms with Gasteiger partial charge in [-0.25, -0.2) is 8.42 Å². The summed E-state index contributed by atoms with van der Waals surface area (Å²) in [4.78, 5) is 0.276. The van der Waals surface area contributed by atoms with Gasteiger partial charge in [0.25, 0.3) is 0 Å². The number of nitrogen functional groups attached to an aromatic ring is 1. The van der Waals surface area contributed by atoms with Crippen molar-refractivity contribution in [2.45, 2.75) is 11.5 Å². The minimum Gasteiger partial charge on any atom is -0.489 e. The number of ether oxygens (including phenoxy) is 1. The van der Waals surface area contributed by atoms with Gasteiger partial charge in [-0.1, -0.05) is 6.07 Å². The molecule has 2 aromatic carbocycles. The van der Waals surface area contributed by atoms with E-state index in [0.717, 1.165) is 10.0 Å². The molecule has 0 spiro atoms. The fourth-order valence-electron chi connectivity index (χ4n) is 1.63. The van der Waals surface area contributed by atoms with Crippen molar-refractivity contribution in [3.63, 3.8) is 0 Å². The van der Waals surface area contributed by atoms with Crippen LogP contribution in [-0.4, -0.2) is 14.7 Å². The van der Waals surface area contributed by atoms with Crippen LogP contribution in [0.15, 0.2) is 51.8 Å². The molecule has 2 aromatic rings. The van der Waals surface area contributed by atoms with Crippen molar-refractivity contribution in [2.24, 2.45) is 0 Å². The van der Waals surface area contributed by atoms with E-state index in [9.17, 15) is 8.42 Å². The number of benzene rings is 2. The molecule has 0 atom stereocenters. The van der Waals surface area contributed by atoms with E-state index in [0.29, 0.717) is 18.0 Å². The Morgan fingerprint density at radius 1 is 1.15 bits per heavy atom. The van der Waals surface area contributed by atoms with Gasteiger partial charge in [0, 0.05) is 16.4 Å². The summed E-state index contributed by atoms with van der Waals surface area (Å²) in [5.41, 5.74) is 7.38. The topological polar surface area (TPSA) is 69.4 Å². The van der Waals surface area contributed by atoms with Crippen LogP contribution >= 0.6 is 15.9 Å². The van der Waals surface area contributed by atoms with Gasteiger partial charge in [-0.2, -0.15) is 0 Å². The molecule has 6 heteroatoms. The molecular weight excluding hydrogens is 342 g/mol. The molecule has 4 nitrogen and oxygen atoms in total. The van der Waals surface area contributed by atoms with E-state index in [1.54, 1.807) is 12.1 Å². The lowest BCUT2D eigenvalue weighted by Crippen LogP contribution is -1.99. The number of nitrogens with two attached hydrogens (primary N) is 1. The molecule has 20 heavy (non-hydrogen) atoms. The molecule has 0 radical (unpaired) electrons. The van der Waals surface area contributed by atoms with Crippen molar-refractivity contribution in [2.75, 3.05) is 12.0 Å². The van der Waals surface area contributed by atoms with Crippen LogP contribution in [0.2, 0.25) is 0 Å². The molecule has 0 amide bonds. The van der Waals surface area contributed by atoms with Crippen molar-refractivity contribution in [3.8, 4) is 5.75 Å². The third kappa shape index (κ3) is 3.74. The smallest absolute Gasteiger partial charge is 0.175 e. The van der Waals surface area contributed by atoms with E-state index < -0.39 is 9.84 Å². The van der Waals surface area contributed by atoms with Crippen LogP contribution in [0.25, 0.3) is 0 Å². The standard InChI is InChI=1S/C14H14BrNO3S/c1-20(17,18)12-5-3-11(4-6-12)19-9-10-2-7-13(15)14(16)8-10/h2-8H,9,16H2,1H3. The number of hydrogen-bond acceptors (Lipinski definition) is 4. The van der Waals surface area contributed by atoms with Gasteiger partial charge in [-0.05, 0) is 57.9 Å². The minimum atomic E-state index is -3.17. The van der Waals surface area contributed by atoms with Gasteiger partial charge in [-0.15, -0.1) is 0 Å². The van der Waals surface area contributed by atoms with E-state index in [2.05, 4.69) is 15.9 Å². The van der Waals surface area contributed by atoms with Crippen molar-refractivity contribution in [3.05, 3.63) is 52.5 Å². The highest BCUT2D eigenvalue weighted by molar-refractivity contribution is 9.10. The molecule has 0 aromatic heterocycles. The van der Waals surface area contributed by atoms with Crippen LogP contribution in [0.3, 0.4) is 0 Å². The number of rotatable bonds is 4. The lowest BCUT2D eigenvalue weighted by molar-refractivity contribution is 0.306. The maximum atomic E-state index is 11.3. The predicted molar refractivity (Wildman–Crippen MR) is 82.4 cm³/mol. The summed E-state index contributed by atoms with van der Waals surface area (Å²) in [5.74, 6) is 0.610. The predicted octanol–water partition coefficient (Wildman–Crippen LogP) is 3.01. The Morgan fingerprint density at radius 3 is 2.35 bits per heavy atom. The Bertz CT molecular complexity index is 712. The largest absolute Gasteiger partial charge is 0.489 e. The average Bonchev–Trinajstić information content (AvgIpc) is 2.40. The molecule has 2 N–H and O–H groups in total. The molecule has 2 rings (SSSR count). The first-order valence-corrected chi connectivity index (χ1v) is 8.51. The van der Waals surface area contributed by atoms with Gasteiger partial charge >= 0.3 is 0 Å². The second-order valence-corrected chi connectivity index (χ2v) is 7.26. The monoisotopic (exact) mass is 355 g/mol. The lowest BCUT2D eigenvalue weighted by Gasteiger charge is -2.08. The van der Waals surface area contributed by atoms with Crippen molar-refractivity contribution in [1.82, 2.24) is 0 Å². The lowest BCUT2D eigenvalue weighted by atomic mass is 10.2. The number of halogens is 1. The summed E-state index contributed by atoms with van der Waals surface area (Å²) in [6.07, 6.45) is 1.17. The summed E-state index contributed by atoms with van der Waals surface area (Å²) < 4.78 is 29.1. The molecule has 0 heterocycles. The first-order chi connectivity index (χ1) is 9.36. The van der Waals surface area contributed by atoms with Gasteiger partial charge in [0.05, 0.1) is 4.90 Å². The Kier molecular flexibility index (Phi) is 4.35. The highest BCUT2D eigenvalue weighted by Gasteiger charge is 2.06. The van der Waals surface area contributed by atoms with Gasteiger partial charge in [0.2, 0.25) is 0 Å². The number of sulfone groups is 1. The van der Waals surface area contributed by atoms with Crippen LogP contribution in [0.1, 0.15) is 5.56 Å². The summed E-state index contributed by atoms with van der Waals surface area (Å²) >= 11 is 3.33. The highest BCUT2D eigenvalue weighted by atomic mass is 79.9. The molecule has 0 aliphatic heterocycles. The van der Waals surface area contributed by atoms with Gasteiger partial charge in [0.1, 0.15) is 12.4 Å². The first kappa shape index (κ1) is 14.9. The van der Waals surface area contributed by atoms with E-state index in [4.69, 9.17) is 10.5 Å². The maximum Gasteiger partial charge on any atom is 0.175 e. The Morgan fingerprint density at radius 2 is 1.80 bits per heavy atom. The Labute approximate surface area is 126 Å². The van der Waals surface area contributed by atoms with Gasteiger partial charge < -0.3 is 10.5 Å². The molecule has 106 valence electrons. The summed E-state index contributed by atoms with van der Waals surface area (Å²) in [7, 11) is -3.17. The van der Waals surface area contributed by atoms with E-state index in [-0.39, 0.29) is 4.90 Å². The Hall–Kier alpha value is -1.53. The number of anilines is 1. The summed E-state index contributed by atoms with van der Waals surface area (Å²) in [6.45, 7) is 0.371. The Balaban J connectivity index is 2.06. The van der Waals surface area contributed by atoms with E-state index in [1.807, 2.05) is 18.2 Å². The normalized spacial score (nSPS) is 11.3. The van der Waals surface area contributed by atoms with Crippen molar-refractivity contribution in [1.29, 1.82) is 0 Å². The van der Waals surface area contributed by atoms with Crippen LogP contribution in [0.5, 0.6) is 5.75 Å². The summed E-state index contributed by atoms with van der Waals surface area (Å²) in [6, 6.07) is 11.9. The SMILES string of the molecule is CS(=O)(=O)c1ccc(OCc2ccc(Br)c(N)c2)cc1. The van der Waals surface area contributed by atoms with Crippen LogP contribution in [0.4, 0.5) is 5.69 Å². The molecule has 0 unspecified atom stereocenters. The fourth-order valence-corrected chi connectivity index (χ4v) is 2.51. The maximum absolute atomic E-state index is 11.3. The molecule has 0 bridgehead atoms. The fraction of sp³-hybridized carbons (Fsp3) is 0.143. The van der Waals surface area contributed by atoms with E-state index >= 15 is 0 Å². The zero-order chi connectivity index (χ0) is 14.8. The van der Waals surface area contributed by atoms with E-state index in [1.165, 1.54) is 18.4 Å². The van der Waals surface area contributed by atoms with Gasteiger partial charge in [0.15, 0.2) is 9.84 Å². The van der Waals surface area contributed by atoms with Crippen molar-refractivity contribution >= 4 is 31.5 Å². The molecule has 0 aliphatic carbocycles. The zero-order valence-electron chi connectivity index (χ0n) is 10.8. The molecule has 0 saturated carbocycles. The third-order valence-electron chi connectivity index (χ3n) is 2.72. The van der Waals surface area contributed by atoms with Crippen molar-refractivity contribution < 1.29 is 13.2 Å². The molecule has 0 saturated heterocycles.